The quantitative estimate of drug-likeness (QED) is 0.838. The van der Waals surface area contributed by atoms with Crippen LogP contribution in [0.1, 0.15) is 12.8 Å². The standard InChI is InChI=1S/C11H16N2OS/c14-15(11-5-1-2-7-13-11)9-10-4-3-6-12-8-10/h1-2,5,7,10,12H,3-4,6,8-9H2/t10-,15-/m1/s1. The first-order valence-electron chi connectivity index (χ1n) is 5.36. The molecule has 0 amide bonds. The van der Waals surface area contributed by atoms with Crippen molar-refractivity contribution in [1.82, 2.24) is 10.3 Å². The zero-order chi connectivity index (χ0) is 10.5. The summed E-state index contributed by atoms with van der Waals surface area (Å²) in [6, 6.07) is 5.58. The largest absolute Gasteiger partial charge is 0.316 e. The van der Waals surface area contributed by atoms with Gasteiger partial charge in [-0.2, -0.15) is 0 Å². The van der Waals surface area contributed by atoms with Crippen molar-refractivity contribution in [2.45, 2.75) is 17.9 Å². The summed E-state index contributed by atoms with van der Waals surface area (Å²) in [5.74, 6) is 1.28. The van der Waals surface area contributed by atoms with E-state index in [0.717, 1.165) is 18.8 Å². The maximum absolute atomic E-state index is 11.9. The summed E-state index contributed by atoms with van der Waals surface area (Å²) in [5, 5.41) is 4.05. The summed E-state index contributed by atoms with van der Waals surface area (Å²) < 4.78 is 11.9. The van der Waals surface area contributed by atoms with Gasteiger partial charge in [0.25, 0.3) is 0 Å². The van der Waals surface area contributed by atoms with E-state index >= 15 is 0 Å². The lowest BCUT2D eigenvalue weighted by Gasteiger charge is -2.21. The SMILES string of the molecule is O=[S@](C[C@@H]1CCCNC1)c1ccccn1. The van der Waals surface area contributed by atoms with Crippen molar-refractivity contribution < 1.29 is 4.21 Å². The number of pyridine rings is 1. The molecule has 82 valence electrons. The molecule has 4 heteroatoms. The van der Waals surface area contributed by atoms with Gasteiger partial charge in [-0.05, 0) is 44.0 Å². The molecule has 2 rings (SSSR count). The second-order valence-corrected chi connectivity index (χ2v) is 5.34. The average Bonchev–Trinajstić information content (AvgIpc) is 2.31. The monoisotopic (exact) mass is 224 g/mol. The summed E-state index contributed by atoms with van der Waals surface area (Å²) in [4.78, 5) is 4.12. The molecule has 0 aliphatic carbocycles. The molecular weight excluding hydrogens is 208 g/mol. The number of hydrogen-bond acceptors (Lipinski definition) is 3. The van der Waals surface area contributed by atoms with E-state index in [2.05, 4.69) is 10.3 Å². The average molecular weight is 224 g/mol. The minimum absolute atomic E-state index is 0.543. The summed E-state index contributed by atoms with van der Waals surface area (Å²) in [5.41, 5.74) is 0. The van der Waals surface area contributed by atoms with Gasteiger partial charge in [0.15, 0.2) is 0 Å². The zero-order valence-electron chi connectivity index (χ0n) is 8.69. The van der Waals surface area contributed by atoms with Crippen molar-refractivity contribution in [3.63, 3.8) is 0 Å². The van der Waals surface area contributed by atoms with Crippen molar-refractivity contribution >= 4 is 10.8 Å². The van der Waals surface area contributed by atoms with Gasteiger partial charge in [0.05, 0.1) is 10.8 Å². The Bertz CT molecular complexity index is 323. The second kappa shape index (κ2) is 5.37. The van der Waals surface area contributed by atoms with E-state index in [9.17, 15) is 4.21 Å². The lowest BCUT2D eigenvalue weighted by molar-refractivity contribution is 0.408. The molecular formula is C11H16N2OS. The van der Waals surface area contributed by atoms with E-state index in [4.69, 9.17) is 0 Å². The molecule has 2 heterocycles. The highest BCUT2D eigenvalue weighted by Gasteiger charge is 2.17. The smallest absolute Gasteiger partial charge is 0.127 e. The first-order valence-corrected chi connectivity index (χ1v) is 6.68. The molecule has 0 unspecified atom stereocenters. The van der Waals surface area contributed by atoms with Crippen LogP contribution in [0.3, 0.4) is 0 Å². The van der Waals surface area contributed by atoms with Crippen LogP contribution in [0.2, 0.25) is 0 Å². The highest BCUT2D eigenvalue weighted by molar-refractivity contribution is 7.84. The predicted octanol–water partition coefficient (Wildman–Crippen LogP) is 1.19. The molecule has 15 heavy (non-hydrogen) atoms. The summed E-state index contributed by atoms with van der Waals surface area (Å²) >= 11 is 0. The summed E-state index contributed by atoms with van der Waals surface area (Å²) in [7, 11) is -0.932. The van der Waals surface area contributed by atoms with Gasteiger partial charge in [-0.3, -0.25) is 4.21 Å². The van der Waals surface area contributed by atoms with Crippen molar-refractivity contribution in [3.05, 3.63) is 24.4 Å². The lowest BCUT2D eigenvalue weighted by atomic mass is 10.0. The normalized spacial score (nSPS) is 23.6. The predicted molar refractivity (Wildman–Crippen MR) is 61.1 cm³/mol. The van der Waals surface area contributed by atoms with Crippen molar-refractivity contribution in [2.75, 3.05) is 18.8 Å². The number of rotatable bonds is 3. The summed E-state index contributed by atoms with van der Waals surface area (Å²) in [6.07, 6.45) is 4.09. The third-order valence-corrected chi connectivity index (χ3v) is 4.14. The van der Waals surface area contributed by atoms with Crippen LogP contribution in [0.25, 0.3) is 0 Å². The van der Waals surface area contributed by atoms with Gasteiger partial charge in [0, 0.05) is 11.9 Å². The Balaban J connectivity index is 1.91. The molecule has 1 aromatic heterocycles. The lowest BCUT2D eigenvalue weighted by Crippen LogP contribution is -2.32. The van der Waals surface area contributed by atoms with Gasteiger partial charge < -0.3 is 5.32 Å². The molecule has 0 saturated carbocycles. The molecule has 1 saturated heterocycles. The van der Waals surface area contributed by atoms with Gasteiger partial charge >= 0.3 is 0 Å². The minimum Gasteiger partial charge on any atom is -0.316 e. The molecule has 0 bridgehead atoms. The van der Waals surface area contributed by atoms with Gasteiger partial charge in [0.2, 0.25) is 0 Å². The topological polar surface area (TPSA) is 42.0 Å². The molecule has 0 radical (unpaired) electrons. The fourth-order valence-corrected chi connectivity index (χ4v) is 3.14. The molecule has 0 spiro atoms. The first kappa shape index (κ1) is 10.8. The van der Waals surface area contributed by atoms with Crippen molar-refractivity contribution in [1.29, 1.82) is 0 Å². The number of nitrogens with zero attached hydrogens (tertiary/aromatic N) is 1. The Labute approximate surface area is 92.8 Å². The Morgan fingerprint density at radius 2 is 2.47 bits per heavy atom. The van der Waals surface area contributed by atoms with Gasteiger partial charge in [0.1, 0.15) is 5.03 Å². The molecule has 1 aromatic rings. The van der Waals surface area contributed by atoms with E-state index in [1.54, 1.807) is 6.20 Å². The molecule has 1 N–H and O–H groups in total. The Morgan fingerprint density at radius 3 is 3.13 bits per heavy atom. The first-order chi connectivity index (χ1) is 7.36. The maximum Gasteiger partial charge on any atom is 0.127 e. The van der Waals surface area contributed by atoms with Gasteiger partial charge in [-0.1, -0.05) is 6.07 Å². The molecule has 3 nitrogen and oxygen atoms in total. The van der Waals surface area contributed by atoms with E-state index in [0.29, 0.717) is 10.9 Å². The third kappa shape index (κ3) is 3.11. The molecule has 1 fully saturated rings. The van der Waals surface area contributed by atoms with E-state index in [-0.39, 0.29) is 0 Å². The van der Waals surface area contributed by atoms with Crippen molar-refractivity contribution in [3.8, 4) is 0 Å². The van der Waals surface area contributed by atoms with Crippen molar-refractivity contribution in [2.24, 2.45) is 5.92 Å². The van der Waals surface area contributed by atoms with E-state index in [1.165, 1.54) is 12.8 Å². The number of aromatic nitrogens is 1. The van der Waals surface area contributed by atoms with Crippen LogP contribution >= 0.6 is 0 Å². The van der Waals surface area contributed by atoms with Gasteiger partial charge in [-0.25, -0.2) is 4.98 Å². The third-order valence-electron chi connectivity index (χ3n) is 2.66. The maximum atomic E-state index is 11.9. The Kier molecular flexibility index (Phi) is 3.86. The molecule has 1 aliphatic rings. The molecule has 0 aromatic carbocycles. The van der Waals surface area contributed by atoms with Crippen LogP contribution in [0.4, 0.5) is 0 Å². The zero-order valence-corrected chi connectivity index (χ0v) is 9.50. The van der Waals surface area contributed by atoms with Crippen LogP contribution < -0.4 is 5.32 Å². The number of hydrogen-bond donors (Lipinski definition) is 1. The van der Waals surface area contributed by atoms with Crippen LogP contribution in [-0.4, -0.2) is 28.0 Å². The van der Waals surface area contributed by atoms with E-state index < -0.39 is 10.8 Å². The molecule has 2 atom stereocenters. The highest BCUT2D eigenvalue weighted by atomic mass is 32.2. The Morgan fingerprint density at radius 1 is 1.53 bits per heavy atom. The van der Waals surface area contributed by atoms with Crippen LogP contribution in [0.5, 0.6) is 0 Å². The number of piperidine rings is 1. The Hall–Kier alpha value is -0.740. The second-order valence-electron chi connectivity index (χ2n) is 3.89. The van der Waals surface area contributed by atoms with Crippen LogP contribution in [0.15, 0.2) is 29.4 Å². The molecule has 1 aliphatic heterocycles. The van der Waals surface area contributed by atoms with Crippen LogP contribution in [-0.2, 0) is 10.8 Å². The summed E-state index contributed by atoms with van der Waals surface area (Å²) in [6.45, 7) is 2.10. The van der Waals surface area contributed by atoms with Crippen LogP contribution in [0, 0.1) is 5.92 Å². The highest BCUT2D eigenvalue weighted by Crippen LogP contribution is 2.14. The fraction of sp³-hybridized carbons (Fsp3) is 0.545. The number of nitrogens with one attached hydrogen (secondary N) is 1. The minimum atomic E-state index is -0.932. The van der Waals surface area contributed by atoms with E-state index in [1.807, 2.05) is 18.2 Å². The fourth-order valence-electron chi connectivity index (χ4n) is 1.85. The van der Waals surface area contributed by atoms with Gasteiger partial charge in [-0.15, -0.1) is 0 Å².